The summed E-state index contributed by atoms with van der Waals surface area (Å²) in [6.45, 7) is 13.2. The molecule has 0 aliphatic carbocycles. The minimum Gasteiger partial charge on any atom is -0.346 e. The van der Waals surface area contributed by atoms with Crippen LogP contribution in [0.15, 0.2) is 0 Å². The number of nitrogens with zero attached hydrogens (tertiary/aromatic N) is 2. The minimum absolute atomic E-state index is 0.164. The van der Waals surface area contributed by atoms with Gasteiger partial charge in [-0.1, -0.05) is 20.8 Å². The summed E-state index contributed by atoms with van der Waals surface area (Å²) in [7, 11) is 2.16. The van der Waals surface area contributed by atoms with E-state index in [9.17, 15) is 0 Å². The molecule has 1 aromatic heterocycles. The summed E-state index contributed by atoms with van der Waals surface area (Å²) in [5.74, 6) is 0. The lowest BCUT2D eigenvalue weighted by atomic mass is 10.0. The summed E-state index contributed by atoms with van der Waals surface area (Å²) in [6, 6.07) is 0. The smallest absolute Gasteiger partial charge is 0.186 e. The van der Waals surface area contributed by atoms with Crippen LogP contribution in [-0.2, 0) is 13.0 Å². The van der Waals surface area contributed by atoms with Crippen LogP contribution in [0.5, 0.6) is 0 Å². The van der Waals surface area contributed by atoms with Crippen LogP contribution in [0.3, 0.4) is 0 Å². The molecule has 110 valence electrons. The first kappa shape index (κ1) is 16.4. The number of aryl methyl sites for hydroxylation is 1. The van der Waals surface area contributed by atoms with E-state index < -0.39 is 0 Å². The van der Waals surface area contributed by atoms with Gasteiger partial charge in [0.25, 0.3) is 0 Å². The number of hydrogen-bond acceptors (Lipinski definition) is 4. The summed E-state index contributed by atoms with van der Waals surface area (Å²) >= 11 is 1.84. The average Bonchev–Trinajstić information content (AvgIpc) is 2.81. The van der Waals surface area contributed by atoms with Crippen molar-refractivity contribution in [1.82, 2.24) is 10.3 Å². The van der Waals surface area contributed by atoms with Gasteiger partial charge in [0.15, 0.2) is 5.13 Å². The van der Waals surface area contributed by atoms with Crippen molar-refractivity contribution in [2.45, 2.75) is 66.0 Å². The van der Waals surface area contributed by atoms with Gasteiger partial charge in [0, 0.05) is 24.0 Å². The van der Waals surface area contributed by atoms with E-state index in [4.69, 9.17) is 4.98 Å². The van der Waals surface area contributed by atoms with E-state index in [1.54, 1.807) is 0 Å². The molecule has 0 atom stereocenters. The maximum atomic E-state index is 4.83. The second-order valence-electron chi connectivity index (χ2n) is 5.62. The molecule has 0 saturated heterocycles. The fourth-order valence-corrected chi connectivity index (χ4v) is 3.04. The molecule has 0 saturated carbocycles. The van der Waals surface area contributed by atoms with Gasteiger partial charge in [-0.05, 0) is 39.7 Å². The summed E-state index contributed by atoms with van der Waals surface area (Å²) in [5, 5.41) is 4.63. The highest BCUT2D eigenvalue weighted by molar-refractivity contribution is 7.15. The Morgan fingerprint density at radius 2 is 1.95 bits per heavy atom. The van der Waals surface area contributed by atoms with Gasteiger partial charge in [-0.2, -0.15) is 0 Å². The van der Waals surface area contributed by atoms with Gasteiger partial charge in [-0.25, -0.2) is 4.98 Å². The van der Waals surface area contributed by atoms with Crippen LogP contribution >= 0.6 is 11.3 Å². The zero-order valence-electron chi connectivity index (χ0n) is 13.3. The van der Waals surface area contributed by atoms with Crippen LogP contribution < -0.4 is 10.2 Å². The zero-order chi connectivity index (χ0) is 14.5. The Morgan fingerprint density at radius 1 is 1.26 bits per heavy atom. The molecule has 0 unspecified atom stereocenters. The van der Waals surface area contributed by atoms with Crippen molar-refractivity contribution in [3.05, 3.63) is 10.6 Å². The number of aromatic nitrogens is 1. The van der Waals surface area contributed by atoms with Crippen molar-refractivity contribution < 1.29 is 0 Å². The molecule has 1 rings (SSSR count). The molecule has 1 aromatic rings. The van der Waals surface area contributed by atoms with Gasteiger partial charge in [-0.15, -0.1) is 11.3 Å². The molecule has 0 spiro atoms. The van der Waals surface area contributed by atoms with Crippen LogP contribution in [0, 0.1) is 0 Å². The summed E-state index contributed by atoms with van der Waals surface area (Å²) in [5.41, 5.74) is 1.42. The maximum Gasteiger partial charge on any atom is 0.186 e. The highest BCUT2D eigenvalue weighted by atomic mass is 32.1. The van der Waals surface area contributed by atoms with Gasteiger partial charge in [0.05, 0.1) is 5.69 Å². The molecule has 0 aliphatic heterocycles. The first-order valence-corrected chi connectivity index (χ1v) is 8.21. The zero-order valence-corrected chi connectivity index (χ0v) is 14.2. The summed E-state index contributed by atoms with van der Waals surface area (Å²) < 4.78 is 0. The Morgan fingerprint density at radius 3 is 2.47 bits per heavy atom. The van der Waals surface area contributed by atoms with E-state index in [-0.39, 0.29) is 5.54 Å². The number of anilines is 1. The molecule has 0 bridgehead atoms. The van der Waals surface area contributed by atoms with Crippen molar-refractivity contribution in [2.75, 3.05) is 18.5 Å². The van der Waals surface area contributed by atoms with E-state index >= 15 is 0 Å². The molecule has 0 aromatic carbocycles. The van der Waals surface area contributed by atoms with Crippen molar-refractivity contribution in [1.29, 1.82) is 0 Å². The van der Waals surface area contributed by atoms with Crippen molar-refractivity contribution in [3.8, 4) is 0 Å². The number of thiazole rings is 1. The number of rotatable bonds is 8. The highest BCUT2D eigenvalue weighted by Gasteiger charge is 2.24. The Labute approximate surface area is 122 Å². The minimum atomic E-state index is 0.164. The van der Waals surface area contributed by atoms with Gasteiger partial charge >= 0.3 is 0 Å². The molecule has 4 heteroatoms. The third kappa shape index (κ3) is 4.18. The lowest BCUT2D eigenvalue weighted by Crippen LogP contribution is -2.40. The SMILES string of the molecule is CCCNCc1sc(N(C)C(C)(C)CC)nc1CC. The Balaban J connectivity index is 2.86. The molecule has 19 heavy (non-hydrogen) atoms. The lowest BCUT2D eigenvalue weighted by molar-refractivity contribution is 0.470. The fourth-order valence-electron chi connectivity index (χ4n) is 1.80. The van der Waals surface area contributed by atoms with Gasteiger partial charge in [0.1, 0.15) is 0 Å². The van der Waals surface area contributed by atoms with E-state index in [0.717, 1.165) is 31.1 Å². The number of nitrogens with one attached hydrogen (secondary N) is 1. The first-order valence-electron chi connectivity index (χ1n) is 7.39. The monoisotopic (exact) mass is 283 g/mol. The van der Waals surface area contributed by atoms with Crippen LogP contribution in [0.25, 0.3) is 0 Å². The third-order valence-electron chi connectivity index (χ3n) is 3.87. The molecular formula is C15H29N3S. The van der Waals surface area contributed by atoms with Gasteiger partial charge in [0.2, 0.25) is 0 Å². The molecule has 3 nitrogen and oxygen atoms in total. The molecule has 0 fully saturated rings. The van der Waals surface area contributed by atoms with E-state index in [1.165, 1.54) is 17.0 Å². The Hall–Kier alpha value is -0.610. The molecule has 0 radical (unpaired) electrons. The lowest BCUT2D eigenvalue weighted by Gasteiger charge is -2.34. The average molecular weight is 283 g/mol. The van der Waals surface area contributed by atoms with Crippen molar-refractivity contribution in [3.63, 3.8) is 0 Å². The van der Waals surface area contributed by atoms with E-state index in [2.05, 4.69) is 51.9 Å². The Bertz CT molecular complexity index is 385. The van der Waals surface area contributed by atoms with Crippen LogP contribution in [0.2, 0.25) is 0 Å². The summed E-state index contributed by atoms with van der Waals surface area (Å²) in [6.07, 6.45) is 3.31. The van der Waals surface area contributed by atoms with Crippen LogP contribution in [0.1, 0.15) is 58.0 Å². The molecule has 1 heterocycles. The van der Waals surface area contributed by atoms with Crippen LogP contribution in [-0.4, -0.2) is 24.1 Å². The quantitative estimate of drug-likeness (QED) is 0.735. The van der Waals surface area contributed by atoms with E-state index in [1.807, 2.05) is 11.3 Å². The first-order chi connectivity index (χ1) is 8.96. The van der Waals surface area contributed by atoms with Crippen molar-refractivity contribution in [2.24, 2.45) is 0 Å². The maximum absolute atomic E-state index is 4.83. The molecule has 0 aliphatic rings. The molecule has 0 amide bonds. The highest BCUT2D eigenvalue weighted by Crippen LogP contribution is 2.31. The van der Waals surface area contributed by atoms with E-state index in [0.29, 0.717) is 0 Å². The van der Waals surface area contributed by atoms with Crippen LogP contribution in [0.4, 0.5) is 5.13 Å². The third-order valence-corrected chi connectivity index (χ3v) is 5.05. The largest absolute Gasteiger partial charge is 0.346 e. The second kappa shape index (κ2) is 7.25. The summed E-state index contributed by atoms with van der Waals surface area (Å²) in [4.78, 5) is 8.54. The predicted octanol–water partition coefficient (Wildman–Crippen LogP) is 3.83. The Kier molecular flexibility index (Phi) is 6.27. The van der Waals surface area contributed by atoms with Gasteiger partial charge in [-0.3, -0.25) is 0 Å². The number of hydrogen-bond donors (Lipinski definition) is 1. The van der Waals surface area contributed by atoms with Crippen molar-refractivity contribution >= 4 is 16.5 Å². The fraction of sp³-hybridized carbons (Fsp3) is 0.800. The second-order valence-corrected chi connectivity index (χ2v) is 6.68. The molecule has 1 N–H and O–H groups in total. The normalized spacial score (nSPS) is 11.9. The topological polar surface area (TPSA) is 28.2 Å². The molecular weight excluding hydrogens is 254 g/mol. The standard InChI is InChI=1S/C15H29N3S/c1-7-10-16-11-13-12(8-2)17-14(19-13)18(6)15(4,5)9-3/h16H,7-11H2,1-6H3. The predicted molar refractivity (Wildman–Crippen MR) is 86.3 cm³/mol. The van der Waals surface area contributed by atoms with Gasteiger partial charge < -0.3 is 10.2 Å².